The van der Waals surface area contributed by atoms with Crippen LogP contribution in [0.5, 0.6) is 0 Å². The Balaban J connectivity index is 1.91. The van der Waals surface area contributed by atoms with E-state index in [1.54, 1.807) is 0 Å². The van der Waals surface area contributed by atoms with Crippen LogP contribution < -0.4 is 5.73 Å². The lowest BCUT2D eigenvalue weighted by Gasteiger charge is -2.27. The third kappa shape index (κ3) is 1.34. The Morgan fingerprint density at radius 2 is 2.25 bits per heavy atom. The van der Waals surface area contributed by atoms with Crippen LogP contribution in [0.3, 0.4) is 0 Å². The molecule has 0 saturated heterocycles. The largest absolute Gasteiger partial charge is 0.338 e. The minimum absolute atomic E-state index is 0.198. The monoisotopic (exact) mass is 215 g/mol. The van der Waals surface area contributed by atoms with E-state index in [1.807, 2.05) is 13.0 Å². The molecule has 1 heterocycles. The molecule has 0 fully saturated rings. The summed E-state index contributed by atoms with van der Waals surface area (Å²) >= 11 is 0. The average Bonchev–Trinajstić information content (AvgIpc) is 2.69. The van der Waals surface area contributed by atoms with Gasteiger partial charge in [-0.1, -0.05) is 29.4 Å². The zero-order valence-electron chi connectivity index (χ0n) is 9.05. The summed E-state index contributed by atoms with van der Waals surface area (Å²) in [5.74, 6) is 1.55. The topological polar surface area (TPSA) is 64.9 Å². The highest BCUT2D eigenvalue weighted by atomic mass is 16.5. The van der Waals surface area contributed by atoms with Crippen molar-refractivity contribution in [3.05, 3.63) is 47.1 Å². The minimum Gasteiger partial charge on any atom is -0.338 e. The van der Waals surface area contributed by atoms with Gasteiger partial charge in [0.2, 0.25) is 5.89 Å². The summed E-state index contributed by atoms with van der Waals surface area (Å²) in [6, 6.07) is 8.15. The van der Waals surface area contributed by atoms with Gasteiger partial charge in [-0.25, -0.2) is 0 Å². The standard InChI is InChI=1S/C12H13N3O/c1-7(13)12-14-11(15-16-12)10-6-8-4-2-3-5-9(8)10/h2-5,7,10H,6,13H2,1H3/t7-,10?/m0/s1. The summed E-state index contributed by atoms with van der Waals surface area (Å²) in [5.41, 5.74) is 8.36. The van der Waals surface area contributed by atoms with E-state index in [2.05, 4.69) is 28.3 Å². The van der Waals surface area contributed by atoms with Gasteiger partial charge in [0.15, 0.2) is 5.82 Å². The molecule has 0 bridgehead atoms. The van der Waals surface area contributed by atoms with Crippen molar-refractivity contribution in [2.24, 2.45) is 5.73 Å². The highest BCUT2D eigenvalue weighted by molar-refractivity contribution is 5.43. The second-order valence-corrected chi connectivity index (χ2v) is 4.24. The molecule has 0 saturated carbocycles. The Bertz CT molecular complexity index is 518. The number of nitrogens with zero attached hydrogens (tertiary/aromatic N) is 2. The van der Waals surface area contributed by atoms with Crippen LogP contribution in [0.1, 0.15) is 41.7 Å². The first-order valence-electron chi connectivity index (χ1n) is 5.42. The molecular formula is C12H13N3O. The van der Waals surface area contributed by atoms with Crippen molar-refractivity contribution in [1.29, 1.82) is 0 Å². The average molecular weight is 215 g/mol. The van der Waals surface area contributed by atoms with Gasteiger partial charge in [0.25, 0.3) is 0 Å². The summed E-state index contributed by atoms with van der Waals surface area (Å²) in [4.78, 5) is 4.33. The number of benzene rings is 1. The Morgan fingerprint density at radius 1 is 1.44 bits per heavy atom. The van der Waals surface area contributed by atoms with Crippen LogP contribution in [0.4, 0.5) is 0 Å². The number of fused-ring (bicyclic) bond motifs is 1. The van der Waals surface area contributed by atoms with E-state index in [-0.39, 0.29) is 12.0 Å². The minimum atomic E-state index is -0.198. The molecule has 0 amide bonds. The maximum Gasteiger partial charge on any atom is 0.243 e. The van der Waals surface area contributed by atoms with Crippen molar-refractivity contribution >= 4 is 0 Å². The van der Waals surface area contributed by atoms with Crippen molar-refractivity contribution in [2.75, 3.05) is 0 Å². The summed E-state index contributed by atoms with van der Waals surface area (Å²) in [5, 5.41) is 3.99. The van der Waals surface area contributed by atoms with Crippen molar-refractivity contribution in [3.63, 3.8) is 0 Å². The summed E-state index contributed by atoms with van der Waals surface area (Å²) in [7, 11) is 0. The first-order valence-corrected chi connectivity index (χ1v) is 5.42. The number of hydrogen-bond acceptors (Lipinski definition) is 4. The van der Waals surface area contributed by atoms with Gasteiger partial charge in [0, 0.05) is 0 Å². The molecule has 3 rings (SSSR count). The van der Waals surface area contributed by atoms with Crippen LogP contribution in [0.15, 0.2) is 28.8 Å². The van der Waals surface area contributed by atoms with Gasteiger partial charge < -0.3 is 10.3 Å². The van der Waals surface area contributed by atoms with E-state index in [1.165, 1.54) is 11.1 Å². The fourth-order valence-electron chi connectivity index (χ4n) is 2.06. The van der Waals surface area contributed by atoms with E-state index in [0.29, 0.717) is 5.89 Å². The van der Waals surface area contributed by atoms with Crippen LogP contribution in [-0.2, 0) is 6.42 Å². The van der Waals surface area contributed by atoms with Crippen LogP contribution in [0.25, 0.3) is 0 Å². The maximum atomic E-state index is 5.69. The zero-order valence-corrected chi connectivity index (χ0v) is 9.05. The van der Waals surface area contributed by atoms with E-state index in [0.717, 1.165) is 12.2 Å². The summed E-state index contributed by atoms with van der Waals surface area (Å²) in [6.07, 6.45) is 0.994. The Morgan fingerprint density at radius 3 is 2.94 bits per heavy atom. The highest BCUT2D eigenvalue weighted by Gasteiger charge is 2.31. The lowest BCUT2D eigenvalue weighted by molar-refractivity contribution is 0.354. The third-order valence-electron chi connectivity index (χ3n) is 3.01. The van der Waals surface area contributed by atoms with Gasteiger partial charge in [0.1, 0.15) is 0 Å². The fourth-order valence-corrected chi connectivity index (χ4v) is 2.06. The molecular weight excluding hydrogens is 202 g/mol. The quantitative estimate of drug-likeness (QED) is 0.829. The number of aromatic nitrogens is 2. The second kappa shape index (κ2) is 3.42. The molecule has 1 aliphatic rings. The molecule has 2 aromatic rings. The molecule has 2 atom stereocenters. The van der Waals surface area contributed by atoms with Crippen LogP contribution in [0, 0.1) is 0 Å². The third-order valence-corrected chi connectivity index (χ3v) is 3.01. The van der Waals surface area contributed by atoms with Gasteiger partial charge in [-0.05, 0) is 24.5 Å². The van der Waals surface area contributed by atoms with E-state index in [9.17, 15) is 0 Å². The number of rotatable bonds is 2. The molecule has 0 radical (unpaired) electrons. The van der Waals surface area contributed by atoms with Gasteiger partial charge in [-0.15, -0.1) is 0 Å². The van der Waals surface area contributed by atoms with Crippen molar-refractivity contribution in [2.45, 2.75) is 25.3 Å². The molecule has 4 heteroatoms. The van der Waals surface area contributed by atoms with E-state index in [4.69, 9.17) is 10.3 Å². The molecule has 1 aliphatic carbocycles. The first-order chi connectivity index (χ1) is 7.75. The van der Waals surface area contributed by atoms with Gasteiger partial charge in [0.05, 0.1) is 12.0 Å². The van der Waals surface area contributed by atoms with Crippen molar-refractivity contribution in [3.8, 4) is 0 Å². The Kier molecular flexibility index (Phi) is 2.04. The van der Waals surface area contributed by atoms with Gasteiger partial charge >= 0.3 is 0 Å². The van der Waals surface area contributed by atoms with Gasteiger partial charge in [-0.3, -0.25) is 0 Å². The highest BCUT2D eigenvalue weighted by Crippen LogP contribution is 2.38. The lowest BCUT2D eigenvalue weighted by atomic mass is 9.77. The van der Waals surface area contributed by atoms with Crippen LogP contribution in [0.2, 0.25) is 0 Å². The predicted molar refractivity (Wildman–Crippen MR) is 58.9 cm³/mol. The summed E-state index contributed by atoms with van der Waals surface area (Å²) < 4.78 is 5.11. The molecule has 2 N–H and O–H groups in total. The molecule has 82 valence electrons. The second-order valence-electron chi connectivity index (χ2n) is 4.24. The van der Waals surface area contributed by atoms with Gasteiger partial charge in [-0.2, -0.15) is 4.98 Å². The molecule has 1 unspecified atom stereocenters. The van der Waals surface area contributed by atoms with Crippen LogP contribution >= 0.6 is 0 Å². The Hall–Kier alpha value is -1.68. The number of hydrogen-bond donors (Lipinski definition) is 1. The maximum absolute atomic E-state index is 5.69. The Labute approximate surface area is 93.5 Å². The molecule has 16 heavy (non-hydrogen) atoms. The molecule has 1 aromatic heterocycles. The number of nitrogens with two attached hydrogens (primary N) is 1. The molecule has 0 aliphatic heterocycles. The smallest absolute Gasteiger partial charge is 0.243 e. The van der Waals surface area contributed by atoms with Crippen molar-refractivity contribution in [1.82, 2.24) is 10.1 Å². The fraction of sp³-hybridized carbons (Fsp3) is 0.333. The zero-order chi connectivity index (χ0) is 11.1. The predicted octanol–water partition coefficient (Wildman–Crippen LogP) is 1.78. The normalized spacial score (nSPS) is 20.0. The van der Waals surface area contributed by atoms with E-state index < -0.39 is 0 Å². The molecule has 1 aromatic carbocycles. The first kappa shape index (κ1) is 9.54. The SMILES string of the molecule is C[C@H](N)c1nc(C2Cc3ccccc32)no1. The lowest BCUT2D eigenvalue weighted by Crippen LogP contribution is -2.19. The molecule has 0 spiro atoms. The van der Waals surface area contributed by atoms with E-state index >= 15 is 0 Å². The van der Waals surface area contributed by atoms with Crippen LogP contribution in [-0.4, -0.2) is 10.1 Å². The van der Waals surface area contributed by atoms with Crippen molar-refractivity contribution < 1.29 is 4.52 Å². The molecule has 4 nitrogen and oxygen atoms in total. The summed E-state index contributed by atoms with van der Waals surface area (Å²) in [6.45, 7) is 1.84.